The van der Waals surface area contributed by atoms with Crippen molar-refractivity contribution in [3.63, 3.8) is 0 Å². The molecule has 10 heavy (non-hydrogen) atoms. The standard InChI is InChI=1S/C6H11N3O/c10-6-8-2-1-5-7-3-4-9(5)6/h5,7H,1-4H2,(H,8,10). The van der Waals surface area contributed by atoms with Gasteiger partial charge in [-0.25, -0.2) is 4.79 Å². The Labute approximate surface area is 59.6 Å². The third kappa shape index (κ3) is 0.759. The average molecular weight is 141 g/mol. The normalized spacial score (nSPS) is 31.8. The maximum atomic E-state index is 11.1. The van der Waals surface area contributed by atoms with Crippen LogP contribution in [0.25, 0.3) is 0 Å². The Morgan fingerprint density at radius 2 is 2.40 bits per heavy atom. The van der Waals surface area contributed by atoms with Crippen LogP contribution in [0.2, 0.25) is 0 Å². The molecule has 1 atom stereocenters. The number of carbonyl (C=O) groups excluding carboxylic acids is 1. The van der Waals surface area contributed by atoms with Crippen LogP contribution in [0.3, 0.4) is 0 Å². The van der Waals surface area contributed by atoms with E-state index in [1.807, 2.05) is 4.90 Å². The average Bonchev–Trinajstić information content (AvgIpc) is 2.36. The van der Waals surface area contributed by atoms with Crippen molar-refractivity contribution in [3.8, 4) is 0 Å². The molecular formula is C6H11N3O. The molecule has 2 aliphatic rings. The number of fused-ring (bicyclic) bond motifs is 1. The Hall–Kier alpha value is -0.770. The molecule has 0 aliphatic carbocycles. The molecule has 2 fully saturated rings. The van der Waals surface area contributed by atoms with E-state index in [1.165, 1.54) is 0 Å². The summed E-state index contributed by atoms with van der Waals surface area (Å²) in [6.07, 6.45) is 1.35. The van der Waals surface area contributed by atoms with Crippen LogP contribution < -0.4 is 10.6 Å². The van der Waals surface area contributed by atoms with E-state index >= 15 is 0 Å². The predicted octanol–water partition coefficient (Wildman–Crippen LogP) is -0.669. The molecular weight excluding hydrogens is 130 g/mol. The maximum absolute atomic E-state index is 11.1. The first-order valence-corrected chi connectivity index (χ1v) is 3.66. The second kappa shape index (κ2) is 2.12. The summed E-state index contributed by atoms with van der Waals surface area (Å²) in [5.41, 5.74) is 0. The van der Waals surface area contributed by atoms with Gasteiger partial charge in [0.15, 0.2) is 0 Å². The van der Waals surface area contributed by atoms with E-state index < -0.39 is 0 Å². The minimum Gasteiger partial charge on any atom is -0.338 e. The lowest BCUT2D eigenvalue weighted by molar-refractivity contribution is 0.171. The molecule has 4 heteroatoms. The minimum atomic E-state index is 0.0845. The van der Waals surface area contributed by atoms with Gasteiger partial charge in [0, 0.05) is 19.6 Å². The number of amides is 2. The molecule has 2 heterocycles. The van der Waals surface area contributed by atoms with Crippen molar-refractivity contribution in [3.05, 3.63) is 0 Å². The second-order valence-corrected chi connectivity index (χ2v) is 2.68. The third-order valence-electron chi connectivity index (χ3n) is 2.06. The molecule has 0 radical (unpaired) electrons. The highest BCUT2D eigenvalue weighted by Gasteiger charge is 2.30. The van der Waals surface area contributed by atoms with Gasteiger partial charge in [0.05, 0.1) is 6.17 Å². The topological polar surface area (TPSA) is 44.4 Å². The molecule has 2 saturated heterocycles. The largest absolute Gasteiger partial charge is 0.338 e. The van der Waals surface area contributed by atoms with Crippen molar-refractivity contribution in [1.29, 1.82) is 0 Å². The van der Waals surface area contributed by atoms with E-state index in [-0.39, 0.29) is 6.03 Å². The number of hydrogen-bond acceptors (Lipinski definition) is 2. The van der Waals surface area contributed by atoms with Gasteiger partial charge in [-0.05, 0) is 6.42 Å². The Morgan fingerprint density at radius 1 is 1.50 bits per heavy atom. The van der Waals surface area contributed by atoms with Crippen LogP contribution in [-0.2, 0) is 0 Å². The Kier molecular flexibility index (Phi) is 1.27. The van der Waals surface area contributed by atoms with E-state index in [4.69, 9.17) is 0 Å². The highest BCUT2D eigenvalue weighted by atomic mass is 16.2. The Bertz CT molecular complexity index is 159. The summed E-state index contributed by atoms with van der Waals surface area (Å²) in [7, 11) is 0. The van der Waals surface area contributed by atoms with Gasteiger partial charge in [0.1, 0.15) is 0 Å². The van der Waals surface area contributed by atoms with E-state index in [1.54, 1.807) is 0 Å². The smallest absolute Gasteiger partial charge is 0.318 e. The van der Waals surface area contributed by atoms with Crippen molar-refractivity contribution in [2.45, 2.75) is 12.6 Å². The molecule has 2 aliphatic heterocycles. The molecule has 0 saturated carbocycles. The fraction of sp³-hybridized carbons (Fsp3) is 0.833. The summed E-state index contributed by atoms with van der Waals surface area (Å²) in [5, 5.41) is 6.05. The monoisotopic (exact) mass is 141 g/mol. The summed E-state index contributed by atoms with van der Waals surface area (Å²) < 4.78 is 0. The summed E-state index contributed by atoms with van der Waals surface area (Å²) in [4.78, 5) is 12.9. The predicted molar refractivity (Wildman–Crippen MR) is 36.5 cm³/mol. The van der Waals surface area contributed by atoms with Gasteiger partial charge in [0.2, 0.25) is 0 Å². The molecule has 4 nitrogen and oxygen atoms in total. The van der Waals surface area contributed by atoms with Crippen molar-refractivity contribution in [2.75, 3.05) is 19.6 Å². The van der Waals surface area contributed by atoms with Crippen LogP contribution in [0.1, 0.15) is 6.42 Å². The number of hydrogen-bond donors (Lipinski definition) is 2. The maximum Gasteiger partial charge on any atom is 0.318 e. The van der Waals surface area contributed by atoms with Gasteiger partial charge >= 0.3 is 6.03 Å². The molecule has 2 amide bonds. The number of nitrogens with one attached hydrogen (secondary N) is 2. The van der Waals surface area contributed by atoms with Gasteiger partial charge in [-0.1, -0.05) is 0 Å². The number of carbonyl (C=O) groups is 1. The molecule has 0 aromatic heterocycles. The fourth-order valence-electron chi connectivity index (χ4n) is 1.54. The zero-order valence-electron chi connectivity index (χ0n) is 5.76. The summed E-state index contributed by atoms with van der Waals surface area (Å²) >= 11 is 0. The number of rotatable bonds is 0. The van der Waals surface area contributed by atoms with Crippen molar-refractivity contribution < 1.29 is 4.79 Å². The highest BCUT2D eigenvalue weighted by Crippen LogP contribution is 2.10. The van der Waals surface area contributed by atoms with Crippen molar-refractivity contribution >= 4 is 6.03 Å². The number of nitrogens with zero attached hydrogens (tertiary/aromatic N) is 1. The molecule has 2 rings (SSSR count). The third-order valence-corrected chi connectivity index (χ3v) is 2.06. The fourth-order valence-corrected chi connectivity index (χ4v) is 1.54. The number of urea groups is 1. The minimum absolute atomic E-state index is 0.0845. The van der Waals surface area contributed by atoms with Crippen molar-refractivity contribution in [1.82, 2.24) is 15.5 Å². The van der Waals surface area contributed by atoms with E-state index in [2.05, 4.69) is 10.6 Å². The molecule has 56 valence electrons. The molecule has 0 spiro atoms. The summed E-state index contributed by atoms with van der Waals surface area (Å²) in [5.74, 6) is 0. The van der Waals surface area contributed by atoms with Crippen LogP contribution in [0.4, 0.5) is 4.79 Å². The van der Waals surface area contributed by atoms with Crippen LogP contribution in [-0.4, -0.2) is 36.7 Å². The molecule has 1 unspecified atom stereocenters. The van der Waals surface area contributed by atoms with Crippen LogP contribution in [0.15, 0.2) is 0 Å². The Morgan fingerprint density at radius 3 is 3.20 bits per heavy atom. The first-order valence-electron chi connectivity index (χ1n) is 3.66. The van der Waals surface area contributed by atoms with Crippen molar-refractivity contribution in [2.24, 2.45) is 0 Å². The van der Waals surface area contributed by atoms with E-state index in [0.717, 1.165) is 26.1 Å². The van der Waals surface area contributed by atoms with Gasteiger partial charge < -0.3 is 10.2 Å². The lowest BCUT2D eigenvalue weighted by Crippen LogP contribution is -2.51. The van der Waals surface area contributed by atoms with E-state index in [0.29, 0.717) is 6.17 Å². The van der Waals surface area contributed by atoms with Crippen LogP contribution in [0, 0.1) is 0 Å². The molecule has 0 aromatic rings. The molecule has 0 aromatic carbocycles. The Balaban J connectivity index is 2.10. The molecule has 0 bridgehead atoms. The second-order valence-electron chi connectivity index (χ2n) is 2.68. The first kappa shape index (κ1) is 5.97. The summed E-state index contributed by atoms with van der Waals surface area (Å²) in [6, 6.07) is 0.0845. The lowest BCUT2D eigenvalue weighted by atomic mass is 10.3. The summed E-state index contributed by atoms with van der Waals surface area (Å²) in [6.45, 7) is 2.61. The van der Waals surface area contributed by atoms with Crippen LogP contribution in [0.5, 0.6) is 0 Å². The van der Waals surface area contributed by atoms with Gasteiger partial charge in [-0.3, -0.25) is 5.32 Å². The van der Waals surface area contributed by atoms with Gasteiger partial charge in [0.25, 0.3) is 0 Å². The van der Waals surface area contributed by atoms with Gasteiger partial charge in [-0.15, -0.1) is 0 Å². The van der Waals surface area contributed by atoms with Gasteiger partial charge in [-0.2, -0.15) is 0 Å². The SMILES string of the molecule is O=C1NCCC2NCCN12. The van der Waals surface area contributed by atoms with Crippen LogP contribution >= 0.6 is 0 Å². The quantitative estimate of drug-likeness (QED) is 0.470. The van der Waals surface area contributed by atoms with E-state index in [9.17, 15) is 4.79 Å². The highest BCUT2D eigenvalue weighted by molar-refractivity contribution is 5.75. The molecule has 2 N–H and O–H groups in total. The zero-order valence-corrected chi connectivity index (χ0v) is 5.76. The lowest BCUT2D eigenvalue weighted by Gasteiger charge is -2.29. The first-order chi connectivity index (χ1) is 4.88. The zero-order chi connectivity index (χ0) is 6.97.